The molecule has 0 aliphatic rings. The minimum absolute atomic E-state index is 0.347. The third-order valence-corrected chi connectivity index (χ3v) is 2.71. The normalized spacial score (nSPS) is 9.37. The Bertz CT molecular complexity index is 650. The first-order chi connectivity index (χ1) is 9.33. The minimum atomic E-state index is 0.347. The lowest BCUT2D eigenvalue weighted by Gasteiger charge is -2.08. The summed E-state index contributed by atoms with van der Waals surface area (Å²) in [7, 11) is 0. The summed E-state index contributed by atoms with van der Waals surface area (Å²) in [4.78, 5) is 0. The lowest BCUT2D eigenvalue weighted by Crippen LogP contribution is -1.98. The largest absolute Gasteiger partial charge is 0.489 e. The zero-order chi connectivity index (χ0) is 13.5. The Labute approximate surface area is 112 Å². The van der Waals surface area contributed by atoms with E-state index in [2.05, 4.69) is 12.1 Å². The van der Waals surface area contributed by atoms with Crippen LogP contribution in [-0.4, -0.2) is 0 Å². The molecule has 0 unspecified atom stereocenters. The summed E-state index contributed by atoms with van der Waals surface area (Å²) < 4.78 is 5.66. The Morgan fingerprint density at radius 3 is 2.63 bits per heavy atom. The third kappa shape index (κ3) is 3.34. The van der Waals surface area contributed by atoms with Gasteiger partial charge in [0.05, 0.1) is 24.1 Å². The fourth-order valence-corrected chi connectivity index (χ4v) is 1.75. The Morgan fingerprint density at radius 1 is 1.00 bits per heavy atom. The molecular weight excluding hydrogens is 236 g/mol. The number of hydrogen-bond donors (Lipinski definition) is 0. The van der Waals surface area contributed by atoms with E-state index in [-0.39, 0.29) is 0 Å². The third-order valence-electron chi connectivity index (χ3n) is 2.71. The molecule has 3 nitrogen and oxygen atoms in total. The fourth-order valence-electron chi connectivity index (χ4n) is 1.75. The fraction of sp³-hybridized carbons (Fsp3) is 0.125. The van der Waals surface area contributed by atoms with Gasteiger partial charge in [-0.3, -0.25) is 0 Å². The molecule has 0 aromatic heterocycles. The monoisotopic (exact) mass is 248 g/mol. The van der Waals surface area contributed by atoms with E-state index in [1.807, 2.05) is 42.5 Å². The van der Waals surface area contributed by atoms with Crippen molar-refractivity contribution in [2.75, 3.05) is 0 Å². The van der Waals surface area contributed by atoms with Crippen LogP contribution in [0.15, 0.2) is 48.5 Å². The maximum atomic E-state index is 8.99. The number of ether oxygens (including phenoxy) is 1. The molecule has 3 heteroatoms. The summed E-state index contributed by atoms with van der Waals surface area (Å²) in [5.41, 5.74) is 2.40. The minimum Gasteiger partial charge on any atom is -0.489 e. The molecule has 2 rings (SSSR count). The predicted octanol–water partition coefficient (Wildman–Crippen LogP) is 3.20. The van der Waals surface area contributed by atoms with Gasteiger partial charge in [0, 0.05) is 5.56 Å². The second-order valence-electron chi connectivity index (χ2n) is 4.04. The molecule has 0 spiro atoms. The van der Waals surface area contributed by atoms with Gasteiger partial charge in [-0.15, -0.1) is 0 Å². The maximum absolute atomic E-state index is 8.99. The summed E-state index contributed by atoms with van der Waals surface area (Å²) in [5.74, 6) is 0.709. The highest BCUT2D eigenvalue weighted by Crippen LogP contribution is 2.16. The lowest BCUT2D eigenvalue weighted by atomic mass is 10.1. The number of benzene rings is 2. The second kappa shape index (κ2) is 6.23. The van der Waals surface area contributed by atoms with Gasteiger partial charge < -0.3 is 4.74 Å². The summed E-state index contributed by atoms with van der Waals surface area (Å²) in [6, 6.07) is 19.0. The first-order valence-electron chi connectivity index (χ1n) is 5.90. The van der Waals surface area contributed by atoms with E-state index >= 15 is 0 Å². The van der Waals surface area contributed by atoms with E-state index in [0.29, 0.717) is 24.3 Å². The Kier molecular flexibility index (Phi) is 4.16. The van der Waals surface area contributed by atoms with Crippen molar-refractivity contribution in [2.24, 2.45) is 0 Å². The molecule has 0 fully saturated rings. The van der Waals surface area contributed by atoms with Gasteiger partial charge >= 0.3 is 0 Å². The molecule has 0 saturated carbocycles. The molecule has 92 valence electrons. The summed E-state index contributed by atoms with van der Waals surface area (Å²) in [5, 5.41) is 17.6. The van der Waals surface area contributed by atoms with Gasteiger partial charge in [-0.05, 0) is 23.8 Å². The number of hydrogen-bond acceptors (Lipinski definition) is 3. The average Bonchev–Trinajstić information content (AvgIpc) is 2.46. The van der Waals surface area contributed by atoms with E-state index in [1.165, 1.54) is 0 Å². The Hall–Kier alpha value is -2.78. The quantitative estimate of drug-likeness (QED) is 0.834. The zero-order valence-corrected chi connectivity index (χ0v) is 10.3. The van der Waals surface area contributed by atoms with Crippen molar-refractivity contribution in [3.8, 4) is 17.9 Å². The molecular formula is C16H12N2O. The topological polar surface area (TPSA) is 56.8 Å². The van der Waals surface area contributed by atoms with Crippen LogP contribution in [-0.2, 0) is 13.0 Å². The Balaban J connectivity index is 2.09. The van der Waals surface area contributed by atoms with Crippen LogP contribution in [0.4, 0.5) is 0 Å². The van der Waals surface area contributed by atoms with Crippen LogP contribution in [0, 0.1) is 22.7 Å². The Morgan fingerprint density at radius 2 is 1.84 bits per heavy atom. The van der Waals surface area contributed by atoms with Crippen molar-refractivity contribution in [3.63, 3.8) is 0 Å². The van der Waals surface area contributed by atoms with Gasteiger partial charge in [-0.2, -0.15) is 10.5 Å². The van der Waals surface area contributed by atoms with Gasteiger partial charge in [-0.1, -0.05) is 30.3 Å². The van der Waals surface area contributed by atoms with E-state index in [4.69, 9.17) is 15.3 Å². The first-order valence-corrected chi connectivity index (χ1v) is 5.90. The molecule has 0 bridgehead atoms. The van der Waals surface area contributed by atoms with Crippen molar-refractivity contribution in [1.82, 2.24) is 0 Å². The van der Waals surface area contributed by atoms with Crippen molar-refractivity contribution in [3.05, 3.63) is 65.2 Å². The molecule has 0 saturated heterocycles. The van der Waals surface area contributed by atoms with Gasteiger partial charge in [0.15, 0.2) is 0 Å². The first kappa shape index (κ1) is 12.7. The molecule has 0 amide bonds. The standard InChI is InChI=1S/C16H12N2O/c17-9-8-13-4-3-7-16(10-13)19-12-15-6-2-1-5-14(15)11-18/h1-7,10H,8,12H2. The van der Waals surface area contributed by atoms with Crippen LogP contribution in [0.3, 0.4) is 0 Å². The smallest absolute Gasteiger partial charge is 0.120 e. The molecule has 0 aliphatic carbocycles. The number of rotatable bonds is 4. The van der Waals surface area contributed by atoms with Crippen molar-refractivity contribution < 1.29 is 4.74 Å². The average molecular weight is 248 g/mol. The van der Waals surface area contributed by atoms with Crippen LogP contribution in [0.5, 0.6) is 5.75 Å². The van der Waals surface area contributed by atoms with Crippen LogP contribution < -0.4 is 4.74 Å². The molecule has 0 N–H and O–H groups in total. The summed E-state index contributed by atoms with van der Waals surface area (Å²) in [6.45, 7) is 0.347. The highest BCUT2D eigenvalue weighted by Gasteiger charge is 2.02. The molecule has 19 heavy (non-hydrogen) atoms. The number of nitriles is 2. The summed E-state index contributed by atoms with van der Waals surface area (Å²) in [6.07, 6.45) is 0.367. The van der Waals surface area contributed by atoms with E-state index in [0.717, 1.165) is 11.1 Å². The van der Waals surface area contributed by atoms with Crippen LogP contribution in [0.1, 0.15) is 16.7 Å². The van der Waals surface area contributed by atoms with E-state index < -0.39 is 0 Å². The van der Waals surface area contributed by atoms with Gasteiger partial charge in [0.1, 0.15) is 12.4 Å². The molecule has 0 aliphatic heterocycles. The maximum Gasteiger partial charge on any atom is 0.120 e. The van der Waals surface area contributed by atoms with Gasteiger partial charge in [0.2, 0.25) is 0 Å². The highest BCUT2D eigenvalue weighted by atomic mass is 16.5. The van der Waals surface area contributed by atoms with Crippen LogP contribution in [0.2, 0.25) is 0 Å². The molecule has 0 atom stereocenters. The van der Waals surface area contributed by atoms with E-state index in [9.17, 15) is 0 Å². The number of nitrogens with zero attached hydrogens (tertiary/aromatic N) is 2. The summed E-state index contributed by atoms with van der Waals surface area (Å²) >= 11 is 0. The van der Waals surface area contributed by atoms with Crippen LogP contribution in [0.25, 0.3) is 0 Å². The van der Waals surface area contributed by atoms with Gasteiger partial charge in [0.25, 0.3) is 0 Å². The van der Waals surface area contributed by atoms with Crippen molar-refractivity contribution in [2.45, 2.75) is 13.0 Å². The molecule has 0 radical (unpaired) electrons. The van der Waals surface area contributed by atoms with Gasteiger partial charge in [-0.25, -0.2) is 0 Å². The van der Waals surface area contributed by atoms with Crippen LogP contribution >= 0.6 is 0 Å². The van der Waals surface area contributed by atoms with Crippen molar-refractivity contribution >= 4 is 0 Å². The zero-order valence-electron chi connectivity index (χ0n) is 10.3. The highest BCUT2D eigenvalue weighted by molar-refractivity contribution is 5.37. The molecule has 0 heterocycles. The van der Waals surface area contributed by atoms with E-state index in [1.54, 1.807) is 6.07 Å². The lowest BCUT2D eigenvalue weighted by molar-refractivity contribution is 0.305. The molecule has 2 aromatic rings. The SMILES string of the molecule is N#CCc1cccc(OCc2ccccc2C#N)c1. The second-order valence-corrected chi connectivity index (χ2v) is 4.04. The molecule has 2 aromatic carbocycles. The predicted molar refractivity (Wildman–Crippen MR) is 71.2 cm³/mol. The van der Waals surface area contributed by atoms with Crippen molar-refractivity contribution in [1.29, 1.82) is 10.5 Å².